The van der Waals surface area contributed by atoms with E-state index in [0.717, 1.165) is 19.3 Å². The van der Waals surface area contributed by atoms with Gasteiger partial charge in [0.05, 0.1) is 0 Å². The van der Waals surface area contributed by atoms with Crippen LogP contribution in [0.25, 0.3) is 0 Å². The highest BCUT2D eigenvalue weighted by atomic mass is 19.4. The van der Waals surface area contributed by atoms with Crippen LogP contribution in [0.2, 0.25) is 0 Å². The van der Waals surface area contributed by atoms with Crippen LogP contribution in [0.1, 0.15) is 25.7 Å². The number of hydrogen-bond acceptors (Lipinski definition) is 2. The quantitative estimate of drug-likeness (QED) is 0.756. The summed E-state index contributed by atoms with van der Waals surface area (Å²) in [6, 6.07) is 0.134. The second kappa shape index (κ2) is 4.83. The molecule has 1 aliphatic carbocycles. The van der Waals surface area contributed by atoms with Crippen LogP contribution in [0.4, 0.5) is 13.2 Å². The highest BCUT2D eigenvalue weighted by Crippen LogP contribution is 2.23. The Hall–Kier alpha value is -0.780. The van der Waals surface area contributed by atoms with Gasteiger partial charge in [-0.1, -0.05) is 0 Å². The highest BCUT2D eigenvalue weighted by Gasteiger charge is 2.31. The normalized spacial score (nSPS) is 26.7. The molecule has 3 N–H and O–H groups in total. The first-order valence-corrected chi connectivity index (χ1v) is 4.96. The minimum Gasteiger partial charge on any atom is -0.356 e. The average molecular weight is 224 g/mol. The van der Waals surface area contributed by atoms with Crippen LogP contribution in [0.3, 0.4) is 0 Å². The summed E-state index contributed by atoms with van der Waals surface area (Å²) in [5.41, 5.74) is 5.64. The zero-order valence-electron chi connectivity index (χ0n) is 8.31. The van der Waals surface area contributed by atoms with E-state index in [1.54, 1.807) is 0 Å². The Morgan fingerprint density at radius 1 is 1.40 bits per heavy atom. The van der Waals surface area contributed by atoms with E-state index in [1.165, 1.54) is 0 Å². The van der Waals surface area contributed by atoms with Crippen molar-refractivity contribution in [2.45, 2.75) is 37.9 Å². The smallest absolute Gasteiger partial charge is 0.356 e. The van der Waals surface area contributed by atoms with Crippen molar-refractivity contribution < 1.29 is 18.0 Å². The van der Waals surface area contributed by atoms with Crippen LogP contribution in [0.5, 0.6) is 0 Å². The number of alkyl halides is 3. The summed E-state index contributed by atoms with van der Waals surface area (Å²) in [5.74, 6) is -0.722. The summed E-state index contributed by atoms with van der Waals surface area (Å²) in [6.07, 6.45) is -3.26. The standard InChI is InChI=1S/C9H15F3N2O/c10-9(11,12)4-8(15)14-5-6-1-2-7(13)3-6/h6-7H,1-5,13H2,(H,14,15). The first kappa shape index (κ1) is 12.3. The van der Waals surface area contributed by atoms with Gasteiger partial charge in [-0.05, 0) is 25.2 Å². The number of carbonyl (C=O) groups is 1. The number of nitrogens with one attached hydrogen (secondary N) is 1. The van der Waals surface area contributed by atoms with Crippen molar-refractivity contribution in [3.05, 3.63) is 0 Å². The van der Waals surface area contributed by atoms with E-state index >= 15 is 0 Å². The summed E-state index contributed by atoms with van der Waals surface area (Å²) in [6.45, 7) is 0.308. The van der Waals surface area contributed by atoms with Crippen LogP contribution in [-0.2, 0) is 4.79 Å². The van der Waals surface area contributed by atoms with E-state index in [-0.39, 0.29) is 12.0 Å². The predicted molar refractivity (Wildman–Crippen MR) is 49.0 cm³/mol. The fourth-order valence-electron chi connectivity index (χ4n) is 1.80. The van der Waals surface area contributed by atoms with Gasteiger partial charge < -0.3 is 11.1 Å². The molecular formula is C9H15F3N2O. The monoisotopic (exact) mass is 224 g/mol. The first-order chi connectivity index (χ1) is 6.87. The number of amides is 1. The van der Waals surface area contributed by atoms with Crippen molar-refractivity contribution in [2.75, 3.05) is 6.54 Å². The Morgan fingerprint density at radius 3 is 2.53 bits per heavy atom. The minimum atomic E-state index is -4.42. The lowest BCUT2D eigenvalue weighted by Gasteiger charge is -2.12. The van der Waals surface area contributed by atoms with Crippen molar-refractivity contribution in [3.63, 3.8) is 0 Å². The molecule has 15 heavy (non-hydrogen) atoms. The van der Waals surface area contributed by atoms with E-state index in [0.29, 0.717) is 6.54 Å². The third-order valence-electron chi connectivity index (χ3n) is 2.53. The van der Waals surface area contributed by atoms with Crippen LogP contribution < -0.4 is 11.1 Å². The maximum atomic E-state index is 11.8. The zero-order valence-corrected chi connectivity index (χ0v) is 8.31. The largest absolute Gasteiger partial charge is 0.397 e. The van der Waals surface area contributed by atoms with Crippen LogP contribution in [0, 0.1) is 5.92 Å². The van der Waals surface area contributed by atoms with Crippen molar-refractivity contribution in [3.8, 4) is 0 Å². The van der Waals surface area contributed by atoms with Crippen molar-refractivity contribution >= 4 is 5.91 Å². The van der Waals surface area contributed by atoms with Gasteiger partial charge in [-0.25, -0.2) is 0 Å². The Balaban J connectivity index is 2.17. The van der Waals surface area contributed by atoms with Gasteiger partial charge >= 0.3 is 6.18 Å². The van der Waals surface area contributed by atoms with Gasteiger partial charge in [-0.3, -0.25) is 4.79 Å². The Morgan fingerprint density at radius 2 is 2.07 bits per heavy atom. The van der Waals surface area contributed by atoms with Gasteiger partial charge in [0.2, 0.25) is 5.91 Å². The molecule has 1 amide bonds. The molecule has 88 valence electrons. The topological polar surface area (TPSA) is 55.1 Å². The molecule has 0 aromatic heterocycles. The molecule has 1 aliphatic rings. The average Bonchev–Trinajstić information content (AvgIpc) is 2.45. The molecule has 2 atom stereocenters. The van der Waals surface area contributed by atoms with Crippen LogP contribution in [0.15, 0.2) is 0 Å². The van der Waals surface area contributed by atoms with Gasteiger partial charge in [0.1, 0.15) is 6.42 Å². The number of nitrogens with two attached hydrogens (primary N) is 1. The van der Waals surface area contributed by atoms with E-state index in [2.05, 4.69) is 5.32 Å². The van der Waals surface area contributed by atoms with Crippen LogP contribution in [-0.4, -0.2) is 24.7 Å². The minimum absolute atomic E-state index is 0.134. The number of hydrogen-bond donors (Lipinski definition) is 2. The van der Waals surface area contributed by atoms with Gasteiger partial charge in [0.25, 0.3) is 0 Å². The molecule has 3 nitrogen and oxygen atoms in total. The van der Waals surface area contributed by atoms with Crippen molar-refractivity contribution in [1.82, 2.24) is 5.32 Å². The lowest BCUT2D eigenvalue weighted by molar-refractivity contribution is -0.153. The fourth-order valence-corrected chi connectivity index (χ4v) is 1.80. The highest BCUT2D eigenvalue weighted by molar-refractivity contribution is 5.76. The molecule has 0 aliphatic heterocycles. The third kappa shape index (κ3) is 5.01. The lowest BCUT2D eigenvalue weighted by atomic mass is 10.1. The molecule has 0 aromatic rings. The molecule has 0 radical (unpaired) electrons. The lowest BCUT2D eigenvalue weighted by Crippen LogP contribution is -2.32. The molecule has 0 heterocycles. The summed E-state index contributed by atoms with van der Waals surface area (Å²) in [7, 11) is 0. The predicted octanol–water partition coefficient (Wildman–Crippen LogP) is 1.18. The third-order valence-corrected chi connectivity index (χ3v) is 2.53. The zero-order chi connectivity index (χ0) is 11.5. The molecule has 2 unspecified atom stereocenters. The van der Waals surface area contributed by atoms with Crippen LogP contribution >= 0.6 is 0 Å². The molecule has 1 rings (SSSR count). The maximum Gasteiger partial charge on any atom is 0.397 e. The summed E-state index contributed by atoms with van der Waals surface area (Å²) < 4.78 is 35.4. The molecule has 0 bridgehead atoms. The van der Waals surface area contributed by atoms with Crippen molar-refractivity contribution in [2.24, 2.45) is 11.7 Å². The Labute approximate surface area is 86.2 Å². The van der Waals surface area contributed by atoms with E-state index in [4.69, 9.17) is 5.73 Å². The molecular weight excluding hydrogens is 209 g/mol. The van der Waals surface area contributed by atoms with E-state index in [9.17, 15) is 18.0 Å². The Bertz CT molecular complexity index is 230. The molecule has 6 heteroatoms. The molecule has 1 fully saturated rings. The summed E-state index contributed by atoms with van der Waals surface area (Å²) in [4.78, 5) is 10.8. The second-order valence-corrected chi connectivity index (χ2v) is 4.04. The molecule has 0 spiro atoms. The van der Waals surface area contributed by atoms with E-state index in [1.807, 2.05) is 0 Å². The van der Waals surface area contributed by atoms with Gasteiger partial charge in [0.15, 0.2) is 0 Å². The van der Waals surface area contributed by atoms with E-state index < -0.39 is 18.5 Å². The van der Waals surface area contributed by atoms with Crippen molar-refractivity contribution in [1.29, 1.82) is 0 Å². The van der Waals surface area contributed by atoms with Gasteiger partial charge in [0, 0.05) is 12.6 Å². The molecule has 0 saturated heterocycles. The summed E-state index contributed by atoms with van der Waals surface area (Å²) in [5, 5.41) is 2.29. The summed E-state index contributed by atoms with van der Waals surface area (Å²) >= 11 is 0. The molecule has 1 saturated carbocycles. The fraction of sp³-hybridized carbons (Fsp3) is 0.889. The first-order valence-electron chi connectivity index (χ1n) is 4.96. The number of rotatable bonds is 3. The second-order valence-electron chi connectivity index (χ2n) is 4.04. The Kier molecular flexibility index (Phi) is 3.96. The van der Waals surface area contributed by atoms with Gasteiger partial charge in [-0.2, -0.15) is 13.2 Å². The SMILES string of the molecule is NC1CCC(CNC(=O)CC(F)(F)F)C1. The van der Waals surface area contributed by atoms with Gasteiger partial charge in [-0.15, -0.1) is 0 Å². The number of halogens is 3. The maximum absolute atomic E-state index is 11.8. The molecule has 0 aromatic carbocycles. The number of carbonyl (C=O) groups excluding carboxylic acids is 1.